The van der Waals surface area contributed by atoms with Crippen LogP contribution >= 0.6 is 0 Å². The highest BCUT2D eigenvalue weighted by Gasteiger charge is 2.14. The third-order valence-corrected chi connectivity index (χ3v) is 9.70. The molecule has 3 rings (SSSR count). The van der Waals surface area contributed by atoms with E-state index in [0.717, 1.165) is 24.2 Å². The number of aryl methyl sites for hydroxylation is 3. The Balaban J connectivity index is 1.86. The predicted molar refractivity (Wildman–Crippen MR) is 202 cm³/mol. The predicted octanol–water partition coefficient (Wildman–Crippen LogP) is 13.9. The zero-order chi connectivity index (χ0) is 33.1. The summed E-state index contributed by atoms with van der Waals surface area (Å²) in [7, 11) is 2.10. The van der Waals surface area contributed by atoms with Crippen molar-refractivity contribution in [2.45, 2.75) is 151 Å². The fourth-order valence-corrected chi connectivity index (χ4v) is 6.70. The molecule has 0 aliphatic carbocycles. The average Bonchev–Trinajstić information content (AvgIpc) is 3.05. The smallest absolute Gasteiger partial charge is 0.0909 e. The van der Waals surface area contributed by atoms with Crippen molar-refractivity contribution >= 4 is 11.8 Å². The molecule has 0 aromatic heterocycles. The van der Waals surface area contributed by atoms with Gasteiger partial charge in [0.25, 0.3) is 0 Å². The normalized spacial score (nSPS) is 12.2. The van der Waals surface area contributed by atoms with Gasteiger partial charge < -0.3 is 0 Å². The Bertz CT molecular complexity index is 1380. The van der Waals surface area contributed by atoms with Gasteiger partial charge in [0.05, 0.1) is 0 Å². The number of unbranched alkanes of at least 4 members (excludes halogenated alkanes) is 11. The molecule has 0 saturated heterocycles. The number of azo groups is 2. The summed E-state index contributed by atoms with van der Waals surface area (Å²) >= 11 is 0. The minimum atomic E-state index is 1.07. The first-order valence-corrected chi connectivity index (χ1v) is 18.8. The lowest BCUT2D eigenvalue weighted by Crippen LogP contribution is -2.02. The van der Waals surface area contributed by atoms with Gasteiger partial charge in [-0.2, -0.15) is 0 Å². The third-order valence-electron chi connectivity index (χ3n) is 9.70. The van der Waals surface area contributed by atoms with E-state index < -0.39 is 0 Å². The highest BCUT2D eigenvalue weighted by atomic mass is 15.2. The van der Waals surface area contributed by atoms with Crippen LogP contribution in [0.4, 0.5) is 5.69 Å². The highest BCUT2D eigenvalue weighted by Crippen LogP contribution is 2.31. The Hall–Kier alpha value is -3.00. The fraction of sp³-hybridized carbons (Fsp3) is 0.545. The number of rotatable bonds is 21. The van der Waals surface area contributed by atoms with Crippen molar-refractivity contribution in [1.82, 2.24) is 0 Å². The van der Waals surface area contributed by atoms with Crippen LogP contribution in [0.2, 0.25) is 0 Å². The van der Waals surface area contributed by atoms with E-state index in [1.54, 1.807) is 5.56 Å². The lowest BCUT2D eigenvalue weighted by molar-refractivity contribution is -0.510. The van der Waals surface area contributed by atoms with E-state index in [4.69, 9.17) is 5.11 Å². The maximum absolute atomic E-state index is 5.13. The Kier molecular flexibility index (Phi) is 17.1. The van der Waals surface area contributed by atoms with Gasteiger partial charge in [-0.05, 0) is 120 Å². The lowest BCUT2D eigenvalue weighted by atomic mass is 9.91. The average molecular weight is 622 g/mol. The Morgan fingerprint density at radius 3 is 1.89 bits per heavy atom. The van der Waals surface area contributed by atoms with Crippen molar-refractivity contribution in [2.75, 3.05) is 7.05 Å². The molecule has 46 heavy (non-hydrogen) atoms. The first-order chi connectivity index (χ1) is 22.4. The van der Waals surface area contributed by atoms with Crippen molar-refractivity contribution in [2.24, 2.45) is 5.11 Å². The van der Waals surface area contributed by atoms with E-state index in [-0.39, 0.29) is 0 Å². The quantitative estimate of drug-likeness (QED) is 0.0639. The molecule has 0 bridgehead atoms. The summed E-state index contributed by atoms with van der Waals surface area (Å²) in [5.74, 6) is 0. The molecule has 3 aromatic carbocycles. The monoisotopic (exact) mass is 622 g/mol. The van der Waals surface area contributed by atoms with E-state index in [0.29, 0.717) is 0 Å². The molecule has 250 valence electrons. The van der Waals surface area contributed by atoms with Crippen LogP contribution in [0, 0.1) is 13.8 Å². The second-order valence-corrected chi connectivity index (χ2v) is 13.7. The van der Waals surface area contributed by atoms with Crippen LogP contribution in [0.5, 0.6) is 0 Å². The summed E-state index contributed by atoms with van der Waals surface area (Å²) in [6.07, 6.45) is 24.3. The molecule has 0 amide bonds. The molecule has 0 spiro atoms. The van der Waals surface area contributed by atoms with Crippen LogP contribution < -0.4 is 0 Å². The zero-order valence-electron chi connectivity index (χ0n) is 30.7. The Labute approximate surface area is 283 Å². The molecule has 0 atom stereocenters. The number of nitrogens with zero attached hydrogens (tertiary/aromatic N) is 2. The molecular weight excluding hydrogens is 556 g/mol. The van der Waals surface area contributed by atoms with Crippen molar-refractivity contribution in [1.29, 1.82) is 0 Å². The lowest BCUT2D eigenvalue weighted by Gasteiger charge is -2.14. The summed E-state index contributed by atoms with van der Waals surface area (Å²) < 4.78 is 2.07. The van der Waals surface area contributed by atoms with Crippen molar-refractivity contribution < 1.29 is 4.70 Å². The summed E-state index contributed by atoms with van der Waals surface area (Å²) in [6.45, 7) is 13.7. The van der Waals surface area contributed by atoms with Crippen LogP contribution in [0.1, 0.15) is 151 Å². The second-order valence-electron chi connectivity index (χ2n) is 13.7. The van der Waals surface area contributed by atoms with Crippen LogP contribution in [-0.2, 0) is 19.3 Å². The number of allylic oxidation sites excluding steroid dienone is 1. The van der Waals surface area contributed by atoms with Gasteiger partial charge in [0.2, 0.25) is 5.70 Å². The van der Waals surface area contributed by atoms with E-state index >= 15 is 0 Å². The van der Waals surface area contributed by atoms with Crippen molar-refractivity contribution in [3.8, 4) is 11.1 Å². The van der Waals surface area contributed by atoms with E-state index in [2.05, 4.69) is 114 Å². The minimum absolute atomic E-state index is 1.07. The van der Waals surface area contributed by atoms with Gasteiger partial charge in [-0.25, -0.2) is 0 Å². The van der Waals surface area contributed by atoms with Crippen LogP contribution in [0.15, 0.2) is 65.4 Å². The molecule has 0 fully saturated rings. The van der Waals surface area contributed by atoms with Gasteiger partial charge in [-0.1, -0.05) is 132 Å². The zero-order valence-corrected chi connectivity index (χ0v) is 30.7. The van der Waals surface area contributed by atoms with Gasteiger partial charge in [0.1, 0.15) is 5.69 Å². The van der Waals surface area contributed by atoms with Gasteiger partial charge in [-0.3, -0.25) is 0 Å². The second kappa shape index (κ2) is 21.0. The maximum atomic E-state index is 5.13. The minimum Gasteiger partial charge on any atom is -0.0909 e. The number of hydrogen-bond acceptors (Lipinski definition) is 1. The largest absolute Gasteiger partial charge is 0.205 e. The SMILES string of the molecule is CCCCCCCCc1cc(C=C(C)[N+](C)=Nc2cc(C)c(CCCCCCCC)c(CCCC)c2)cc(-c2ccccc2)c1C. The first kappa shape index (κ1) is 37.5. The van der Waals surface area contributed by atoms with E-state index in [1.807, 2.05) is 0 Å². The van der Waals surface area contributed by atoms with Gasteiger partial charge in [0.15, 0.2) is 7.05 Å². The molecule has 0 aliphatic rings. The Morgan fingerprint density at radius 2 is 1.24 bits per heavy atom. The third kappa shape index (κ3) is 12.3. The number of hydrogen-bond donors (Lipinski definition) is 0. The standard InChI is InChI=1S/C44H65N2/c1-8-11-14-16-18-21-28-40-32-38(33-44(37(40)6)39-26-22-20-23-27-39)31-36(5)46(7)45-42-30-35(4)43(41(34-42)25-13-10-3)29-24-19-17-15-12-9-2/h20,22-23,26-27,30-34H,8-19,21,24-25,28-29H2,1-7H3/q+1. The molecule has 3 aromatic rings. The molecule has 0 unspecified atom stereocenters. The summed E-state index contributed by atoms with van der Waals surface area (Å²) in [5.41, 5.74) is 13.5. The van der Waals surface area contributed by atoms with Crippen LogP contribution in [0.25, 0.3) is 17.2 Å². The molecule has 2 heteroatoms. The molecule has 0 heterocycles. The molecule has 0 aliphatic heterocycles. The highest BCUT2D eigenvalue weighted by molar-refractivity contribution is 5.72. The summed E-state index contributed by atoms with van der Waals surface area (Å²) in [6, 6.07) is 20.4. The Morgan fingerprint density at radius 1 is 0.652 bits per heavy atom. The molecule has 0 N–H and O–H groups in total. The molecule has 0 saturated carbocycles. The summed E-state index contributed by atoms with van der Waals surface area (Å²) in [4.78, 5) is 0. The molecular formula is C44H65N2+. The van der Waals surface area contributed by atoms with Crippen molar-refractivity contribution in [3.05, 3.63) is 93.7 Å². The van der Waals surface area contributed by atoms with Gasteiger partial charge >= 0.3 is 0 Å². The molecule has 2 nitrogen and oxygen atoms in total. The first-order valence-electron chi connectivity index (χ1n) is 18.8. The van der Waals surface area contributed by atoms with Gasteiger partial charge in [0, 0.05) is 13.0 Å². The van der Waals surface area contributed by atoms with Crippen molar-refractivity contribution in [3.63, 3.8) is 0 Å². The summed E-state index contributed by atoms with van der Waals surface area (Å²) in [5, 5.41) is 5.13. The van der Waals surface area contributed by atoms with Gasteiger partial charge in [-0.15, -0.1) is 0 Å². The van der Waals surface area contributed by atoms with E-state index in [1.165, 1.54) is 135 Å². The topological polar surface area (TPSA) is 15.4 Å². The maximum Gasteiger partial charge on any atom is 0.205 e. The van der Waals surface area contributed by atoms with Crippen LogP contribution in [-0.4, -0.2) is 11.7 Å². The molecule has 0 radical (unpaired) electrons. The van der Waals surface area contributed by atoms with Crippen LogP contribution in [0.3, 0.4) is 0 Å². The van der Waals surface area contributed by atoms with E-state index in [9.17, 15) is 0 Å². The number of benzene rings is 3. The fourth-order valence-electron chi connectivity index (χ4n) is 6.70.